The molecule has 0 radical (unpaired) electrons. The highest BCUT2D eigenvalue weighted by Gasteiger charge is 2.31. The fourth-order valence-corrected chi connectivity index (χ4v) is 4.96. The zero-order chi connectivity index (χ0) is 21.7. The number of nitrogens with one attached hydrogen (secondary N) is 2. The number of rotatable bonds is 6. The van der Waals surface area contributed by atoms with E-state index in [2.05, 4.69) is 10.6 Å². The third kappa shape index (κ3) is 5.64. The summed E-state index contributed by atoms with van der Waals surface area (Å²) in [7, 11) is -3.65. The fraction of sp³-hybridized carbons (Fsp3) is 0.333. The van der Waals surface area contributed by atoms with Crippen LogP contribution in [0.2, 0.25) is 0 Å². The van der Waals surface area contributed by atoms with Crippen molar-refractivity contribution in [3.63, 3.8) is 0 Å². The van der Waals surface area contributed by atoms with E-state index < -0.39 is 21.6 Å². The van der Waals surface area contributed by atoms with Crippen molar-refractivity contribution in [2.24, 2.45) is 5.92 Å². The summed E-state index contributed by atoms with van der Waals surface area (Å²) < 4.78 is 40.3. The SMILES string of the molecule is CC(=O)Nc1ccc(NC(=O)C2CCN(S(=O)(=O)Cc3ccccc3F)CC2)cc1. The van der Waals surface area contributed by atoms with E-state index in [0.717, 1.165) is 0 Å². The van der Waals surface area contributed by atoms with Crippen LogP contribution in [0.1, 0.15) is 25.3 Å². The summed E-state index contributed by atoms with van der Waals surface area (Å²) in [5.74, 6) is -1.59. The Kier molecular flexibility index (Phi) is 6.84. The van der Waals surface area contributed by atoms with E-state index in [1.807, 2.05) is 0 Å². The highest BCUT2D eigenvalue weighted by atomic mass is 32.2. The molecule has 0 bridgehead atoms. The van der Waals surface area contributed by atoms with E-state index in [1.165, 1.54) is 29.4 Å². The molecule has 1 saturated heterocycles. The number of carbonyl (C=O) groups is 2. The van der Waals surface area contributed by atoms with Gasteiger partial charge in [-0.15, -0.1) is 0 Å². The van der Waals surface area contributed by atoms with Crippen molar-refractivity contribution < 1.29 is 22.4 Å². The third-order valence-corrected chi connectivity index (χ3v) is 6.81. The topological polar surface area (TPSA) is 95.6 Å². The summed E-state index contributed by atoms with van der Waals surface area (Å²) in [4.78, 5) is 23.6. The van der Waals surface area contributed by atoms with Gasteiger partial charge in [0.1, 0.15) is 5.82 Å². The van der Waals surface area contributed by atoms with Gasteiger partial charge < -0.3 is 10.6 Å². The third-order valence-electron chi connectivity index (χ3n) is 4.99. The minimum atomic E-state index is -3.65. The smallest absolute Gasteiger partial charge is 0.227 e. The number of carbonyl (C=O) groups excluding carboxylic acids is 2. The highest BCUT2D eigenvalue weighted by Crippen LogP contribution is 2.24. The van der Waals surface area contributed by atoms with Crippen LogP contribution in [-0.2, 0) is 25.4 Å². The number of sulfonamides is 1. The van der Waals surface area contributed by atoms with Gasteiger partial charge >= 0.3 is 0 Å². The van der Waals surface area contributed by atoms with Crippen LogP contribution in [0.5, 0.6) is 0 Å². The van der Waals surface area contributed by atoms with Crippen molar-refractivity contribution >= 4 is 33.2 Å². The minimum Gasteiger partial charge on any atom is -0.326 e. The Morgan fingerprint density at radius 2 is 1.57 bits per heavy atom. The van der Waals surface area contributed by atoms with Crippen LogP contribution in [0.15, 0.2) is 48.5 Å². The predicted molar refractivity (Wildman–Crippen MR) is 113 cm³/mol. The Hall–Kier alpha value is -2.78. The van der Waals surface area contributed by atoms with Crippen LogP contribution in [0.4, 0.5) is 15.8 Å². The van der Waals surface area contributed by atoms with Gasteiger partial charge in [0.05, 0.1) is 5.75 Å². The predicted octanol–water partition coefficient (Wildman–Crippen LogP) is 2.96. The van der Waals surface area contributed by atoms with Crippen LogP contribution >= 0.6 is 0 Å². The van der Waals surface area contributed by atoms with Gasteiger partial charge in [0, 0.05) is 42.9 Å². The molecule has 9 heteroatoms. The summed E-state index contributed by atoms with van der Waals surface area (Å²) >= 11 is 0. The lowest BCUT2D eigenvalue weighted by atomic mass is 9.97. The van der Waals surface area contributed by atoms with Crippen molar-refractivity contribution in [3.8, 4) is 0 Å². The molecule has 160 valence electrons. The Morgan fingerprint density at radius 1 is 1.00 bits per heavy atom. The Bertz CT molecular complexity index is 1020. The maximum Gasteiger partial charge on any atom is 0.227 e. The maximum absolute atomic E-state index is 13.8. The van der Waals surface area contributed by atoms with E-state index in [1.54, 1.807) is 30.3 Å². The average Bonchev–Trinajstić information content (AvgIpc) is 2.71. The van der Waals surface area contributed by atoms with E-state index >= 15 is 0 Å². The van der Waals surface area contributed by atoms with Gasteiger partial charge in [0.2, 0.25) is 21.8 Å². The van der Waals surface area contributed by atoms with Crippen molar-refractivity contribution in [2.75, 3.05) is 23.7 Å². The molecule has 1 fully saturated rings. The quantitative estimate of drug-likeness (QED) is 0.732. The second-order valence-electron chi connectivity index (χ2n) is 7.27. The molecule has 0 saturated carbocycles. The van der Waals surface area contributed by atoms with Crippen LogP contribution in [-0.4, -0.2) is 37.6 Å². The minimum absolute atomic E-state index is 0.139. The summed E-state index contributed by atoms with van der Waals surface area (Å²) in [5, 5.41) is 5.47. The van der Waals surface area contributed by atoms with Gasteiger partial charge in [-0.25, -0.2) is 17.1 Å². The molecular weight excluding hydrogens is 409 g/mol. The average molecular weight is 434 g/mol. The number of nitrogens with zero attached hydrogens (tertiary/aromatic N) is 1. The number of piperidine rings is 1. The number of amides is 2. The van der Waals surface area contributed by atoms with Gasteiger partial charge in [-0.3, -0.25) is 9.59 Å². The van der Waals surface area contributed by atoms with Crippen molar-refractivity contribution in [2.45, 2.75) is 25.5 Å². The Balaban J connectivity index is 1.53. The standard InChI is InChI=1S/C21H24FN3O4S/c1-15(26)23-18-6-8-19(9-7-18)24-21(27)16-10-12-25(13-11-16)30(28,29)14-17-4-2-3-5-20(17)22/h2-9,16H,10-14H2,1H3,(H,23,26)(H,24,27). The maximum atomic E-state index is 13.8. The molecule has 0 spiro atoms. The van der Waals surface area contributed by atoms with Crippen LogP contribution < -0.4 is 10.6 Å². The van der Waals surface area contributed by atoms with Crippen molar-refractivity contribution in [3.05, 3.63) is 59.9 Å². The van der Waals surface area contributed by atoms with Crippen LogP contribution in [0.25, 0.3) is 0 Å². The molecule has 0 aliphatic carbocycles. The first-order valence-corrected chi connectivity index (χ1v) is 11.3. The molecule has 2 amide bonds. The van der Waals surface area contributed by atoms with Crippen molar-refractivity contribution in [1.29, 1.82) is 0 Å². The zero-order valence-corrected chi connectivity index (χ0v) is 17.4. The van der Waals surface area contributed by atoms with Gasteiger partial charge in [-0.1, -0.05) is 18.2 Å². The van der Waals surface area contributed by atoms with E-state index in [9.17, 15) is 22.4 Å². The summed E-state index contributed by atoms with van der Waals surface area (Å²) in [6.45, 7) is 1.85. The molecule has 1 aliphatic heterocycles. The molecule has 0 aromatic heterocycles. The Morgan fingerprint density at radius 3 is 2.13 bits per heavy atom. The summed E-state index contributed by atoms with van der Waals surface area (Å²) in [5.41, 5.74) is 1.37. The van der Waals surface area contributed by atoms with Crippen LogP contribution in [0, 0.1) is 11.7 Å². The molecule has 1 heterocycles. The van der Waals surface area contributed by atoms with E-state index in [4.69, 9.17) is 0 Å². The number of hydrogen-bond donors (Lipinski definition) is 2. The molecule has 2 aromatic carbocycles. The molecule has 7 nitrogen and oxygen atoms in total. The fourth-order valence-electron chi connectivity index (χ4n) is 3.38. The molecule has 0 unspecified atom stereocenters. The molecular formula is C21H24FN3O4S. The molecule has 1 aliphatic rings. The first-order valence-electron chi connectivity index (χ1n) is 9.64. The normalized spacial score (nSPS) is 15.5. The molecule has 2 N–H and O–H groups in total. The first-order chi connectivity index (χ1) is 14.2. The summed E-state index contributed by atoms with van der Waals surface area (Å²) in [6, 6.07) is 12.6. The summed E-state index contributed by atoms with van der Waals surface area (Å²) in [6.07, 6.45) is 0.790. The lowest BCUT2D eigenvalue weighted by Crippen LogP contribution is -2.42. The molecule has 0 atom stereocenters. The number of hydrogen-bond acceptors (Lipinski definition) is 4. The van der Waals surface area contributed by atoms with Gasteiger partial charge in [0.25, 0.3) is 0 Å². The number of benzene rings is 2. The molecule has 3 rings (SSSR count). The largest absolute Gasteiger partial charge is 0.326 e. The molecule has 2 aromatic rings. The van der Waals surface area contributed by atoms with Gasteiger partial charge in [-0.05, 0) is 43.2 Å². The zero-order valence-electron chi connectivity index (χ0n) is 16.6. The monoisotopic (exact) mass is 433 g/mol. The molecule has 30 heavy (non-hydrogen) atoms. The second kappa shape index (κ2) is 9.36. The van der Waals surface area contributed by atoms with Gasteiger partial charge in [0.15, 0.2) is 0 Å². The highest BCUT2D eigenvalue weighted by molar-refractivity contribution is 7.88. The second-order valence-corrected chi connectivity index (χ2v) is 9.24. The lowest BCUT2D eigenvalue weighted by Gasteiger charge is -2.30. The van der Waals surface area contributed by atoms with E-state index in [-0.39, 0.29) is 36.4 Å². The Labute approximate surface area is 175 Å². The first kappa shape index (κ1) is 21.9. The van der Waals surface area contributed by atoms with E-state index in [0.29, 0.717) is 24.2 Å². The number of anilines is 2. The van der Waals surface area contributed by atoms with Crippen molar-refractivity contribution in [1.82, 2.24) is 4.31 Å². The van der Waals surface area contributed by atoms with Gasteiger partial charge in [-0.2, -0.15) is 0 Å². The lowest BCUT2D eigenvalue weighted by molar-refractivity contribution is -0.121. The number of halogens is 1. The van der Waals surface area contributed by atoms with Crippen LogP contribution in [0.3, 0.4) is 0 Å².